The van der Waals surface area contributed by atoms with Crippen molar-refractivity contribution in [2.75, 3.05) is 0 Å². The molecule has 0 aliphatic heterocycles. The molecule has 0 atom stereocenters. The molecule has 0 aromatic rings. The lowest BCUT2D eigenvalue weighted by molar-refractivity contribution is 0.387. The van der Waals surface area contributed by atoms with Crippen molar-refractivity contribution in [1.29, 1.82) is 0 Å². The summed E-state index contributed by atoms with van der Waals surface area (Å²) < 4.78 is 13.5. The zero-order valence-electron chi connectivity index (χ0n) is 14.7. The average molecular weight is 343 g/mol. The molecular weight excluding hydrogens is 308 g/mol. The largest absolute Gasteiger partial charge is 0.430 e. The molecule has 0 heterocycles. The smallest absolute Gasteiger partial charge is 0.344 e. The third kappa shape index (κ3) is 4.89. The van der Waals surface area contributed by atoms with Gasteiger partial charge in [0.2, 0.25) is 16.6 Å². The first-order chi connectivity index (χ1) is 9.90. The van der Waals surface area contributed by atoms with Gasteiger partial charge in [0.15, 0.2) is 0 Å². The van der Waals surface area contributed by atoms with Crippen LogP contribution in [0.4, 0.5) is 0 Å². The zero-order chi connectivity index (χ0) is 16.6. The molecule has 0 aliphatic rings. The summed E-state index contributed by atoms with van der Waals surface area (Å²) in [7, 11) is -6.23. The van der Waals surface area contributed by atoms with Crippen molar-refractivity contribution in [2.24, 2.45) is 0 Å². The maximum atomic E-state index is 6.74. The lowest BCUT2D eigenvalue weighted by Crippen LogP contribution is -2.56. The Labute approximate surface area is 135 Å². The first-order valence-electron chi connectivity index (χ1n) is 8.21. The molecule has 5 heteroatoms. The molecule has 0 rings (SSSR count). The minimum atomic E-state index is -2.40. The maximum Gasteiger partial charge on any atom is 0.344 e. The molecule has 0 N–H and O–H groups in total. The van der Waals surface area contributed by atoms with E-state index in [1.54, 1.807) is 0 Å². The summed E-state index contributed by atoms with van der Waals surface area (Å²) in [5.41, 5.74) is 6.14. The summed E-state index contributed by atoms with van der Waals surface area (Å²) in [6.07, 6.45) is 0. The van der Waals surface area contributed by atoms with E-state index < -0.39 is 25.2 Å². The summed E-state index contributed by atoms with van der Waals surface area (Å²) in [6.45, 7) is 23.1. The minimum absolute atomic E-state index is 0.904. The summed E-state index contributed by atoms with van der Waals surface area (Å²) in [5.74, 6) is 0. The van der Waals surface area contributed by atoms with Gasteiger partial charge in [-0.2, -0.15) is 0 Å². The lowest BCUT2D eigenvalue weighted by atomic mass is 10.9. The van der Waals surface area contributed by atoms with E-state index in [1.165, 1.54) is 0 Å². The van der Waals surface area contributed by atoms with Crippen LogP contribution in [0.5, 0.6) is 0 Å². The van der Waals surface area contributed by atoms with E-state index >= 15 is 0 Å². The van der Waals surface area contributed by atoms with Crippen molar-refractivity contribution in [2.45, 2.75) is 64.8 Å². The molecule has 0 fully saturated rings. The first kappa shape index (κ1) is 20.8. The highest BCUT2D eigenvalue weighted by Gasteiger charge is 2.46. The molecule has 0 saturated heterocycles. The van der Waals surface area contributed by atoms with E-state index in [0.717, 1.165) is 30.2 Å². The Bertz CT molecular complexity index is 321. The molecule has 0 spiro atoms. The summed E-state index contributed by atoms with van der Waals surface area (Å²) >= 11 is 0. The quantitative estimate of drug-likeness (QED) is 0.428. The standard InChI is InChI=1S/C16H34O2Si3/c1-9-19(10-2,11-3)17-21(15-7,16-8)18-20(12-4,13-5)14-6/h9,12,15H,1,4,7,10-11,13-14,16H2,2-3,5-6,8H3. The summed E-state index contributed by atoms with van der Waals surface area (Å²) in [5, 5.41) is 0. The van der Waals surface area contributed by atoms with Gasteiger partial charge in [0.1, 0.15) is 0 Å². The molecular formula is C16H34O2Si3. The van der Waals surface area contributed by atoms with Gasteiger partial charge in [0.25, 0.3) is 0 Å². The van der Waals surface area contributed by atoms with Crippen LogP contribution in [0.1, 0.15) is 34.6 Å². The van der Waals surface area contributed by atoms with Crippen molar-refractivity contribution in [3.8, 4) is 0 Å². The molecule has 0 saturated carbocycles. The maximum absolute atomic E-state index is 6.74. The molecule has 0 bridgehead atoms. The Morgan fingerprint density at radius 1 is 0.619 bits per heavy atom. The normalized spacial score (nSPS) is 13.0. The minimum Gasteiger partial charge on any atom is -0.430 e. The van der Waals surface area contributed by atoms with Gasteiger partial charge in [-0.15, -0.1) is 19.7 Å². The predicted octanol–water partition coefficient (Wildman–Crippen LogP) is 5.63. The highest BCUT2D eigenvalue weighted by atomic mass is 28.5. The molecule has 0 aromatic heterocycles. The van der Waals surface area contributed by atoms with E-state index in [1.807, 2.05) is 5.70 Å². The van der Waals surface area contributed by atoms with Crippen LogP contribution in [-0.2, 0) is 8.23 Å². The van der Waals surface area contributed by atoms with Crippen LogP contribution >= 0.6 is 0 Å². The molecule has 0 aromatic carbocycles. The Balaban J connectivity index is 5.58. The fourth-order valence-electron chi connectivity index (χ4n) is 2.53. The predicted molar refractivity (Wildman–Crippen MR) is 102 cm³/mol. The first-order valence-corrected chi connectivity index (χ1v) is 15.1. The third-order valence-corrected chi connectivity index (χ3v) is 18.6. The Morgan fingerprint density at radius 2 is 0.952 bits per heavy atom. The number of hydrogen-bond donors (Lipinski definition) is 0. The van der Waals surface area contributed by atoms with Crippen LogP contribution in [0, 0.1) is 0 Å². The second-order valence-electron chi connectivity index (χ2n) is 5.53. The summed E-state index contributed by atoms with van der Waals surface area (Å²) in [6, 6.07) is 5.07. The fraction of sp³-hybridized carbons (Fsp3) is 0.625. The van der Waals surface area contributed by atoms with Crippen LogP contribution in [0.25, 0.3) is 0 Å². The topological polar surface area (TPSA) is 18.5 Å². The zero-order valence-corrected chi connectivity index (χ0v) is 17.7. The third-order valence-electron chi connectivity index (χ3n) is 4.69. The fourth-order valence-corrected chi connectivity index (χ4v) is 15.8. The van der Waals surface area contributed by atoms with Gasteiger partial charge in [-0.25, -0.2) is 0 Å². The molecule has 2 nitrogen and oxygen atoms in total. The van der Waals surface area contributed by atoms with Gasteiger partial charge >= 0.3 is 8.56 Å². The number of rotatable bonds is 12. The van der Waals surface area contributed by atoms with Crippen LogP contribution < -0.4 is 0 Å². The van der Waals surface area contributed by atoms with Crippen LogP contribution in [-0.4, -0.2) is 25.2 Å². The molecule has 21 heavy (non-hydrogen) atoms. The van der Waals surface area contributed by atoms with Gasteiger partial charge in [-0.1, -0.05) is 51.7 Å². The van der Waals surface area contributed by atoms with Gasteiger partial charge in [0, 0.05) is 0 Å². The van der Waals surface area contributed by atoms with E-state index in [9.17, 15) is 0 Å². The second-order valence-corrected chi connectivity index (χ2v) is 17.8. The highest BCUT2D eigenvalue weighted by Crippen LogP contribution is 2.32. The van der Waals surface area contributed by atoms with Crippen molar-refractivity contribution in [3.63, 3.8) is 0 Å². The van der Waals surface area contributed by atoms with E-state index in [-0.39, 0.29) is 0 Å². The van der Waals surface area contributed by atoms with Gasteiger partial charge in [-0.3, -0.25) is 0 Å². The Morgan fingerprint density at radius 3 is 1.10 bits per heavy atom. The Hall–Kier alpha value is -0.209. The molecule has 0 radical (unpaired) electrons. The monoisotopic (exact) mass is 342 g/mol. The van der Waals surface area contributed by atoms with Crippen molar-refractivity contribution in [1.82, 2.24) is 0 Å². The van der Waals surface area contributed by atoms with E-state index in [2.05, 4.69) is 65.8 Å². The van der Waals surface area contributed by atoms with E-state index in [0.29, 0.717) is 0 Å². The van der Waals surface area contributed by atoms with Crippen LogP contribution in [0.15, 0.2) is 36.8 Å². The SMILES string of the molecule is C=C[Si](CC)(CC)O[Si](C=C)(CC)O[Si](C=C)(CC)CC. The Kier molecular flexibility index (Phi) is 8.96. The molecule has 0 amide bonds. The second kappa shape index (κ2) is 9.05. The van der Waals surface area contributed by atoms with Crippen LogP contribution in [0.2, 0.25) is 30.2 Å². The van der Waals surface area contributed by atoms with Gasteiger partial charge in [-0.05, 0) is 30.2 Å². The van der Waals surface area contributed by atoms with Crippen molar-refractivity contribution in [3.05, 3.63) is 36.8 Å². The highest BCUT2D eigenvalue weighted by molar-refractivity contribution is 6.94. The molecule has 0 aliphatic carbocycles. The van der Waals surface area contributed by atoms with Crippen LogP contribution in [0.3, 0.4) is 0 Å². The molecule has 122 valence electrons. The summed E-state index contributed by atoms with van der Waals surface area (Å²) in [4.78, 5) is 0. The average Bonchev–Trinajstić information content (AvgIpc) is 2.57. The number of hydrogen-bond acceptors (Lipinski definition) is 2. The van der Waals surface area contributed by atoms with Crippen molar-refractivity contribution < 1.29 is 8.23 Å². The molecule has 0 unspecified atom stereocenters. The van der Waals surface area contributed by atoms with Crippen molar-refractivity contribution >= 4 is 25.2 Å². The van der Waals surface area contributed by atoms with E-state index in [4.69, 9.17) is 8.23 Å². The van der Waals surface area contributed by atoms with Gasteiger partial charge in [0.05, 0.1) is 0 Å². The lowest BCUT2D eigenvalue weighted by Gasteiger charge is -2.42. The van der Waals surface area contributed by atoms with Gasteiger partial charge < -0.3 is 8.23 Å².